The first-order valence-corrected chi connectivity index (χ1v) is 16.3. The van der Waals surface area contributed by atoms with Crippen molar-refractivity contribution in [3.8, 4) is 0 Å². The van der Waals surface area contributed by atoms with Gasteiger partial charge in [-0.2, -0.15) is 0 Å². The summed E-state index contributed by atoms with van der Waals surface area (Å²) in [5, 5.41) is 2.55. The smallest absolute Gasteiger partial charge is 0.338 e. The fourth-order valence-electron chi connectivity index (χ4n) is 5.58. The molecule has 2 aliphatic rings. The third-order valence-corrected chi connectivity index (χ3v) is 10.7. The number of fused-ring (bicyclic) bond motifs is 2. The zero-order valence-corrected chi connectivity index (χ0v) is 26.8. The number of carbonyl (C=O) groups is 4. The molecule has 1 fully saturated rings. The fourth-order valence-corrected chi connectivity index (χ4v) is 8.77. The van der Waals surface area contributed by atoms with E-state index in [2.05, 4.69) is 21.2 Å². The molecule has 0 radical (unpaired) electrons. The van der Waals surface area contributed by atoms with Gasteiger partial charge in [0.15, 0.2) is 0 Å². The van der Waals surface area contributed by atoms with Crippen molar-refractivity contribution in [2.45, 2.75) is 36.6 Å². The number of nitrogens with zero attached hydrogens (tertiary/aromatic N) is 2. The van der Waals surface area contributed by atoms with Crippen LogP contribution in [-0.4, -0.2) is 40.1 Å². The molecule has 4 aromatic rings. The molecule has 9 nitrogen and oxygen atoms in total. The number of imide groups is 1. The van der Waals surface area contributed by atoms with E-state index in [0.29, 0.717) is 26.8 Å². The van der Waals surface area contributed by atoms with Gasteiger partial charge in [-0.3, -0.25) is 23.7 Å². The van der Waals surface area contributed by atoms with Crippen molar-refractivity contribution in [1.82, 2.24) is 4.57 Å². The number of benzene rings is 3. The van der Waals surface area contributed by atoms with Gasteiger partial charge in [0.1, 0.15) is 11.8 Å². The molecule has 3 heterocycles. The van der Waals surface area contributed by atoms with Gasteiger partial charge in [-0.05, 0) is 67.4 Å². The first-order valence-electron chi connectivity index (χ1n) is 13.8. The van der Waals surface area contributed by atoms with E-state index < -0.39 is 34.9 Å². The van der Waals surface area contributed by atoms with Crippen LogP contribution in [0.15, 0.2) is 87.1 Å². The first-order chi connectivity index (χ1) is 21.2. The molecule has 1 saturated heterocycles. The number of aromatic nitrogens is 1. The average Bonchev–Trinajstić information content (AvgIpc) is 3.44. The van der Waals surface area contributed by atoms with E-state index in [-0.39, 0.29) is 23.9 Å². The maximum Gasteiger partial charge on any atom is 0.338 e. The second-order valence-corrected chi connectivity index (χ2v) is 13.4. The van der Waals surface area contributed by atoms with E-state index in [1.807, 2.05) is 49.4 Å². The highest BCUT2D eigenvalue weighted by Crippen LogP contribution is 2.54. The Bertz CT molecular complexity index is 1870. The molecule has 0 spiro atoms. The molecule has 0 saturated carbocycles. The lowest BCUT2D eigenvalue weighted by Gasteiger charge is -2.30. The maximum atomic E-state index is 14.1. The second kappa shape index (κ2) is 12.2. The molecule has 3 amide bonds. The lowest BCUT2D eigenvalue weighted by molar-refractivity contribution is -0.122. The second-order valence-electron chi connectivity index (χ2n) is 10.4. The number of anilines is 2. The summed E-state index contributed by atoms with van der Waals surface area (Å²) in [5.74, 6) is -3.06. The monoisotopic (exact) mass is 691 g/mol. The third-order valence-electron chi connectivity index (χ3n) is 7.61. The lowest BCUT2D eigenvalue weighted by Crippen LogP contribution is -2.33. The molecule has 6 rings (SSSR count). The van der Waals surface area contributed by atoms with Gasteiger partial charge >= 0.3 is 10.8 Å². The number of esters is 1. The summed E-state index contributed by atoms with van der Waals surface area (Å²) >= 11 is 5.66. The van der Waals surface area contributed by atoms with E-state index >= 15 is 0 Å². The van der Waals surface area contributed by atoms with Gasteiger partial charge in [-0.15, -0.1) is 0 Å². The number of nitrogens with one attached hydrogen (secondary N) is 1. The molecule has 0 aliphatic carbocycles. The van der Waals surface area contributed by atoms with Gasteiger partial charge in [0, 0.05) is 21.0 Å². The summed E-state index contributed by atoms with van der Waals surface area (Å²) in [4.78, 5) is 68.2. The van der Waals surface area contributed by atoms with Crippen LogP contribution in [0.25, 0.3) is 0 Å². The van der Waals surface area contributed by atoms with Crippen molar-refractivity contribution in [3.05, 3.63) is 109 Å². The standard InChI is InChI=1S/C32H26BrN3O6S2/c1-3-42-31(40)18-11-13-21(14-12-18)36-28(38)25-24(19-8-6-9-20(33)15-19)27-30(43-26(25)29(36)39)35(32(41)44-27)16-23(37)34-22-10-5-4-7-17(22)2/h4-15,24-26H,3,16H2,1-2H3,(H,34,37). The van der Waals surface area contributed by atoms with Crippen LogP contribution < -0.4 is 15.1 Å². The maximum absolute atomic E-state index is 14.1. The van der Waals surface area contributed by atoms with Gasteiger partial charge in [0.05, 0.1) is 28.8 Å². The number of halogens is 1. The third kappa shape index (κ3) is 5.42. The normalized spacial score (nSPS) is 19.0. The van der Waals surface area contributed by atoms with Crippen molar-refractivity contribution < 1.29 is 23.9 Å². The van der Waals surface area contributed by atoms with Crippen molar-refractivity contribution in [3.63, 3.8) is 0 Å². The Hall–Kier alpha value is -4.00. The number of hydrogen-bond donors (Lipinski definition) is 1. The Morgan fingerprint density at radius 2 is 1.73 bits per heavy atom. The zero-order chi connectivity index (χ0) is 31.1. The summed E-state index contributed by atoms with van der Waals surface area (Å²) in [5.41, 5.74) is 2.96. The van der Waals surface area contributed by atoms with Crippen LogP contribution in [0.1, 0.15) is 39.2 Å². The minimum atomic E-state index is -0.830. The Labute approximate surface area is 269 Å². The van der Waals surface area contributed by atoms with Crippen molar-refractivity contribution in [2.24, 2.45) is 5.92 Å². The van der Waals surface area contributed by atoms with Crippen molar-refractivity contribution >= 4 is 74.1 Å². The van der Waals surface area contributed by atoms with Crippen LogP contribution in [0.2, 0.25) is 0 Å². The Morgan fingerprint density at radius 1 is 0.977 bits per heavy atom. The molecule has 224 valence electrons. The highest BCUT2D eigenvalue weighted by atomic mass is 79.9. The van der Waals surface area contributed by atoms with Crippen LogP contribution in [0.4, 0.5) is 11.4 Å². The lowest BCUT2D eigenvalue weighted by atomic mass is 9.83. The van der Waals surface area contributed by atoms with Crippen LogP contribution in [-0.2, 0) is 25.7 Å². The number of ether oxygens (including phenoxy) is 1. The topological polar surface area (TPSA) is 115 Å². The molecular weight excluding hydrogens is 666 g/mol. The molecule has 1 aromatic heterocycles. The number of para-hydroxylation sites is 1. The highest BCUT2D eigenvalue weighted by molar-refractivity contribution is 9.10. The molecule has 44 heavy (non-hydrogen) atoms. The highest BCUT2D eigenvalue weighted by Gasteiger charge is 2.56. The summed E-state index contributed by atoms with van der Waals surface area (Å²) < 4.78 is 7.24. The number of hydrogen-bond acceptors (Lipinski definition) is 8. The number of carbonyl (C=O) groups excluding carboxylic acids is 4. The van der Waals surface area contributed by atoms with Gasteiger partial charge in [-0.25, -0.2) is 9.69 Å². The van der Waals surface area contributed by atoms with Gasteiger partial charge < -0.3 is 10.1 Å². The molecule has 1 N–H and O–H groups in total. The zero-order valence-electron chi connectivity index (χ0n) is 23.6. The molecule has 3 atom stereocenters. The number of thioether (sulfide) groups is 1. The Balaban J connectivity index is 1.38. The Morgan fingerprint density at radius 3 is 2.43 bits per heavy atom. The molecule has 12 heteroatoms. The summed E-state index contributed by atoms with van der Waals surface area (Å²) in [6.45, 7) is 3.58. The van der Waals surface area contributed by atoms with Gasteiger partial charge in [0.2, 0.25) is 17.7 Å². The van der Waals surface area contributed by atoms with Crippen LogP contribution in [0, 0.1) is 12.8 Å². The van der Waals surface area contributed by atoms with Crippen LogP contribution in [0.5, 0.6) is 0 Å². The van der Waals surface area contributed by atoms with Crippen LogP contribution >= 0.6 is 39.0 Å². The Kier molecular flexibility index (Phi) is 8.32. The minimum Gasteiger partial charge on any atom is -0.462 e. The van der Waals surface area contributed by atoms with E-state index in [0.717, 1.165) is 43.6 Å². The number of amides is 3. The summed E-state index contributed by atoms with van der Waals surface area (Å²) in [6.07, 6.45) is 0. The number of rotatable bonds is 7. The first kappa shape index (κ1) is 30.0. The van der Waals surface area contributed by atoms with Crippen LogP contribution in [0.3, 0.4) is 0 Å². The number of thiazole rings is 1. The SMILES string of the molecule is CCOC(=O)c1ccc(N2C(=O)C3Sc4c(sc(=O)n4CC(=O)Nc4ccccc4C)C(c4cccc(Br)c4)C3C2=O)cc1. The van der Waals surface area contributed by atoms with Crippen molar-refractivity contribution in [1.29, 1.82) is 0 Å². The van der Waals surface area contributed by atoms with E-state index in [9.17, 15) is 24.0 Å². The van der Waals surface area contributed by atoms with E-state index in [1.54, 1.807) is 25.1 Å². The van der Waals surface area contributed by atoms with Gasteiger partial charge in [0.25, 0.3) is 0 Å². The van der Waals surface area contributed by atoms with E-state index in [1.165, 1.54) is 16.7 Å². The molecule has 3 unspecified atom stereocenters. The molecule has 2 aliphatic heterocycles. The molecule has 3 aromatic carbocycles. The van der Waals surface area contributed by atoms with E-state index in [4.69, 9.17) is 4.74 Å². The van der Waals surface area contributed by atoms with Crippen molar-refractivity contribution in [2.75, 3.05) is 16.8 Å². The van der Waals surface area contributed by atoms with Gasteiger partial charge in [-0.1, -0.05) is 69.4 Å². The summed E-state index contributed by atoms with van der Waals surface area (Å²) in [7, 11) is 0. The molecular formula is C32H26BrN3O6S2. The predicted octanol–water partition coefficient (Wildman–Crippen LogP) is 5.59. The molecule has 0 bridgehead atoms. The fraction of sp³-hybridized carbons (Fsp3) is 0.219. The quantitative estimate of drug-likeness (QED) is 0.198. The number of aryl methyl sites for hydroxylation is 1. The minimum absolute atomic E-state index is 0.226. The summed E-state index contributed by atoms with van der Waals surface area (Å²) in [6, 6.07) is 21.0. The average molecular weight is 693 g/mol. The predicted molar refractivity (Wildman–Crippen MR) is 172 cm³/mol. The largest absolute Gasteiger partial charge is 0.462 e.